The first kappa shape index (κ1) is 23.3. The lowest BCUT2D eigenvalue weighted by molar-refractivity contribution is -0.128. The number of nitrogen functional groups attached to an aromatic ring is 1. The number of carbonyl (C=O) groups excluding carboxylic acids is 1. The summed E-state index contributed by atoms with van der Waals surface area (Å²) in [6, 6.07) is 2.57. The fourth-order valence-corrected chi connectivity index (χ4v) is 4.48. The standard InChI is InChI=1S/C22H24F4N8O/c23-15-3-4-16(33-6-5-21(28,9-33)20(35)32-12-1-2-12)14(13(15)7-22(24,25)26)8-34-11-31-17-18(27)29-10-30-19(17)34/h3-4,10-12H,1-2,5-9,28H2,(H,32,35)(H2,27,29,30). The summed E-state index contributed by atoms with van der Waals surface area (Å²) in [5, 5.41) is 2.90. The second kappa shape index (κ2) is 8.33. The summed E-state index contributed by atoms with van der Waals surface area (Å²) in [6.07, 6.45) is -1.36. The normalized spacial score (nSPS) is 20.5. The van der Waals surface area contributed by atoms with Crippen molar-refractivity contribution in [3.8, 4) is 0 Å². The van der Waals surface area contributed by atoms with Gasteiger partial charge in [0.1, 0.15) is 23.2 Å². The van der Waals surface area contributed by atoms with E-state index in [0.29, 0.717) is 29.8 Å². The molecule has 0 spiro atoms. The molecule has 1 aromatic carbocycles. The maximum atomic E-state index is 14.8. The summed E-state index contributed by atoms with van der Waals surface area (Å²) in [7, 11) is 0. The number of hydrogen-bond donors (Lipinski definition) is 3. The number of imidazole rings is 1. The highest BCUT2D eigenvalue weighted by atomic mass is 19.4. The van der Waals surface area contributed by atoms with Crippen LogP contribution < -0.4 is 21.7 Å². The number of halogens is 4. The summed E-state index contributed by atoms with van der Waals surface area (Å²) in [4.78, 5) is 26.6. The number of nitrogens with two attached hydrogens (primary N) is 2. The second-order valence-electron chi connectivity index (χ2n) is 9.19. The van der Waals surface area contributed by atoms with E-state index in [1.54, 1.807) is 4.90 Å². The molecule has 2 aliphatic rings. The fourth-order valence-electron chi connectivity index (χ4n) is 4.48. The third kappa shape index (κ3) is 4.59. The van der Waals surface area contributed by atoms with Crippen LogP contribution in [0.3, 0.4) is 0 Å². The first-order valence-electron chi connectivity index (χ1n) is 11.2. The molecular weight excluding hydrogens is 468 g/mol. The van der Waals surface area contributed by atoms with Gasteiger partial charge in [-0.15, -0.1) is 0 Å². The minimum Gasteiger partial charge on any atom is -0.382 e. The Bertz CT molecular complexity index is 1290. The Morgan fingerprint density at radius 2 is 1.97 bits per heavy atom. The van der Waals surface area contributed by atoms with Crippen molar-refractivity contribution in [3.63, 3.8) is 0 Å². The Kier molecular flexibility index (Phi) is 5.54. The van der Waals surface area contributed by atoms with E-state index in [4.69, 9.17) is 11.5 Å². The van der Waals surface area contributed by atoms with Gasteiger partial charge in [0.05, 0.1) is 19.3 Å². The molecule has 1 atom stereocenters. The number of benzene rings is 1. The first-order valence-corrected chi connectivity index (χ1v) is 11.2. The summed E-state index contributed by atoms with van der Waals surface area (Å²) in [5.74, 6) is -1.13. The molecule has 1 unspecified atom stereocenters. The van der Waals surface area contributed by atoms with E-state index in [9.17, 15) is 22.4 Å². The van der Waals surface area contributed by atoms with Gasteiger partial charge in [-0.25, -0.2) is 19.3 Å². The van der Waals surface area contributed by atoms with Crippen LogP contribution in [-0.4, -0.2) is 56.3 Å². The Morgan fingerprint density at radius 3 is 2.69 bits per heavy atom. The zero-order chi connectivity index (χ0) is 25.0. The van der Waals surface area contributed by atoms with E-state index < -0.39 is 29.5 Å². The van der Waals surface area contributed by atoms with Gasteiger partial charge in [0.25, 0.3) is 0 Å². The molecule has 0 radical (unpaired) electrons. The van der Waals surface area contributed by atoms with Crippen LogP contribution in [0.1, 0.15) is 30.4 Å². The number of anilines is 2. The van der Waals surface area contributed by atoms with E-state index in [2.05, 4.69) is 20.3 Å². The number of amides is 1. The lowest BCUT2D eigenvalue weighted by atomic mass is 9.98. The van der Waals surface area contributed by atoms with Crippen LogP contribution in [-0.2, 0) is 17.8 Å². The third-order valence-electron chi connectivity index (χ3n) is 6.49. The summed E-state index contributed by atoms with van der Waals surface area (Å²) in [6.45, 7) is 0.279. The van der Waals surface area contributed by atoms with Gasteiger partial charge >= 0.3 is 6.18 Å². The maximum absolute atomic E-state index is 14.8. The number of hydrogen-bond acceptors (Lipinski definition) is 7. The van der Waals surface area contributed by atoms with Gasteiger partial charge in [0.2, 0.25) is 5.91 Å². The molecule has 2 fully saturated rings. The van der Waals surface area contributed by atoms with Gasteiger partial charge in [-0.3, -0.25) is 4.79 Å². The van der Waals surface area contributed by atoms with Crippen molar-refractivity contribution in [2.45, 2.75) is 50.0 Å². The average Bonchev–Trinajstić information content (AvgIpc) is 3.36. The molecule has 0 bridgehead atoms. The number of alkyl halides is 3. The zero-order valence-corrected chi connectivity index (χ0v) is 18.6. The molecule has 5 rings (SSSR count). The molecule has 13 heteroatoms. The quantitative estimate of drug-likeness (QED) is 0.449. The highest BCUT2D eigenvalue weighted by Crippen LogP contribution is 2.36. The van der Waals surface area contributed by atoms with Crippen molar-refractivity contribution in [2.24, 2.45) is 5.73 Å². The van der Waals surface area contributed by atoms with Crippen LogP contribution in [0, 0.1) is 5.82 Å². The van der Waals surface area contributed by atoms with E-state index in [1.165, 1.54) is 23.3 Å². The second-order valence-corrected chi connectivity index (χ2v) is 9.19. The van der Waals surface area contributed by atoms with Crippen molar-refractivity contribution < 1.29 is 22.4 Å². The van der Waals surface area contributed by atoms with Gasteiger partial charge < -0.3 is 26.3 Å². The summed E-state index contributed by atoms with van der Waals surface area (Å²) >= 11 is 0. The number of nitrogens with zero attached hydrogens (tertiary/aromatic N) is 5. The Hall–Kier alpha value is -3.48. The number of aromatic nitrogens is 4. The Labute approximate surface area is 197 Å². The lowest BCUT2D eigenvalue weighted by Crippen LogP contribution is -2.56. The van der Waals surface area contributed by atoms with Crippen LogP contribution in [0.4, 0.5) is 29.1 Å². The first-order chi connectivity index (χ1) is 16.5. The molecule has 9 nitrogen and oxygen atoms in total. The molecule has 186 valence electrons. The molecule has 1 amide bonds. The van der Waals surface area contributed by atoms with Crippen LogP contribution in [0.5, 0.6) is 0 Å². The maximum Gasteiger partial charge on any atom is 0.393 e. The van der Waals surface area contributed by atoms with Crippen LogP contribution in [0.2, 0.25) is 0 Å². The molecule has 2 aromatic heterocycles. The topological polar surface area (TPSA) is 128 Å². The van der Waals surface area contributed by atoms with Crippen LogP contribution in [0.25, 0.3) is 11.2 Å². The molecule has 35 heavy (non-hydrogen) atoms. The van der Waals surface area contributed by atoms with Gasteiger partial charge in [-0.05, 0) is 31.4 Å². The fraction of sp³-hybridized carbons (Fsp3) is 0.455. The molecule has 3 aromatic rings. The van der Waals surface area contributed by atoms with Crippen molar-refractivity contribution in [1.82, 2.24) is 24.8 Å². The Morgan fingerprint density at radius 1 is 1.20 bits per heavy atom. The van der Waals surface area contributed by atoms with Crippen molar-refractivity contribution >= 4 is 28.6 Å². The average molecular weight is 492 g/mol. The highest BCUT2D eigenvalue weighted by molar-refractivity contribution is 5.88. The van der Waals surface area contributed by atoms with Crippen molar-refractivity contribution in [2.75, 3.05) is 23.7 Å². The predicted molar refractivity (Wildman–Crippen MR) is 120 cm³/mol. The molecule has 3 heterocycles. The number of nitrogens with one attached hydrogen (secondary N) is 1. The van der Waals surface area contributed by atoms with E-state index >= 15 is 0 Å². The summed E-state index contributed by atoms with van der Waals surface area (Å²) in [5.41, 5.74) is 11.7. The van der Waals surface area contributed by atoms with Crippen LogP contribution in [0.15, 0.2) is 24.8 Å². The minimum atomic E-state index is -4.63. The Balaban J connectivity index is 1.54. The summed E-state index contributed by atoms with van der Waals surface area (Å²) < 4.78 is 56.6. The van der Waals surface area contributed by atoms with Gasteiger partial charge in [0, 0.05) is 35.9 Å². The SMILES string of the molecule is Nc1ncnc2c1ncn2Cc1c(N2CCC(N)(C(=O)NC3CC3)C2)ccc(F)c1CC(F)(F)F. The largest absolute Gasteiger partial charge is 0.393 e. The van der Waals surface area contributed by atoms with E-state index in [-0.39, 0.29) is 36.4 Å². The van der Waals surface area contributed by atoms with Gasteiger partial charge in [-0.1, -0.05) is 0 Å². The smallest absolute Gasteiger partial charge is 0.382 e. The molecular formula is C22H24F4N8O. The number of carbonyl (C=O) groups is 1. The van der Waals surface area contributed by atoms with E-state index in [0.717, 1.165) is 18.9 Å². The van der Waals surface area contributed by atoms with E-state index in [1.807, 2.05) is 0 Å². The van der Waals surface area contributed by atoms with Gasteiger partial charge in [-0.2, -0.15) is 13.2 Å². The zero-order valence-electron chi connectivity index (χ0n) is 18.6. The number of rotatable bonds is 6. The predicted octanol–water partition coefficient (Wildman–Crippen LogP) is 1.89. The molecule has 1 aliphatic carbocycles. The minimum absolute atomic E-state index is 0.0927. The highest BCUT2D eigenvalue weighted by Gasteiger charge is 2.44. The monoisotopic (exact) mass is 492 g/mol. The number of fused-ring (bicyclic) bond motifs is 1. The van der Waals surface area contributed by atoms with Crippen molar-refractivity contribution in [1.29, 1.82) is 0 Å². The third-order valence-corrected chi connectivity index (χ3v) is 6.49. The molecule has 1 saturated carbocycles. The van der Waals surface area contributed by atoms with Crippen molar-refractivity contribution in [3.05, 3.63) is 41.7 Å². The molecule has 1 saturated heterocycles. The van der Waals surface area contributed by atoms with Crippen LogP contribution >= 0.6 is 0 Å². The lowest BCUT2D eigenvalue weighted by Gasteiger charge is -2.27. The molecule has 1 aliphatic heterocycles. The molecule has 5 N–H and O–H groups in total. The van der Waals surface area contributed by atoms with Gasteiger partial charge in [0.15, 0.2) is 11.5 Å².